The number of benzene rings is 2. The van der Waals surface area contributed by atoms with Crippen molar-refractivity contribution in [2.24, 2.45) is 0 Å². The highest BCUT2D eigenvalue weighted by molar-refractivity contribution is 5.89. The van der Waals surface area contributed by atoms with Crippen LogP contribution in [0.4, 0.5) is 10.5 Å². The van der Waals surface area contributed by atoms with E-state index in [9.17, 15) is 4.79 Å². The minimum atomic E-state index is -0.0118. The molecule has 1 fully saturated rings. The van der Waals surface area contributed by atoms with Crippen LogP contribution < -0.4 is 10.1 Å². The Labute approximate surface area is 136 Å². The molecule has 0 unspecified atom stereocenters. The lowest BCUT2D eigenvalue weighted by atomic mass is 9.99. The van der Waals surface area contributed by atoms with E-state index in [0.717, 1.165) is 44.0 Å². The van der Waals surface area contributed by atoms with Crippen LogP contribution in [-0.4, -0.2) is 30.6 Å². The van der Waals surface area contributed by atoms with Gasteiger partial charge in [-0.15, -0.1) is 0 Å². The molecular weight excluding hydrogens is 288 g/mol. The molecule has 1 N–H and O–H groups in total. The standard InChI is InChI=1S/C19H20N2O2/c22-19(20-17-6-7-18-15(12-17)9-11-23-18)21-10-8-16(13-21)14-4-2-1-3-5-14/h1-7,12,16H,8-11,13H2,(H,20,22)/t16-/m0/s1. The minimum Gasteiger partial charge on any atom is -0.493 e. The molecule has 2 amide bonds. The molecule has 4 heteroatoms. The Kier molecular flexibility index (Phi) is 3.66. The van der Waals surface area contributed by atoms with Gasteiger partial charge in [-0.1, -0.05) is 30.3 Å². The minimum absolute atomic E-state index is 0.0118. The zero-order valence-electron chi connectivity index (χ0n) is 13.0. The molecule has 2 heterocycles. The van der Waals surface area contributed by atoms with Gasteiger partial charge in [0.15, 0.2) is 0 Å². The number of hydrogen-bond acceptors (Lipinski definition) is 2. The molecule has 0 radical (unpaired) electrons. The number of carbonyl (C=O) groups is 1. The van der Waals surface area contributed by atoms with Crippen LogP contribution in [0.5, 0.6) is 5.75 Å². The largest absolute Gasteiger partial charge is 0.493 e. The second kappa shape index (κ2) is 5.95. The zero-order valence-corrected chi connectivity index (χ0v) is 13.0. The molecule has 0 bridgehead atoms. The Morgan fingerprint density at radius 1 is 1.17 bits per heavy atom. The van der Waals surface area contributed by atoms with Crippen LogP contribution in [0.2, 0.25) is 0 Å². The smallest absolute Gasteiger partial charge is 0.321 e. The number of likely N-dealkylation sites (tertiary alicyclic amines) is 1. The van der Waals surface area contributed by atoms with Crippen molar-refractivity contribution in [3.8, 4) is 5.75 Å². The second-order valence-corrected chi connectivity index (χ2v) is 6.19. The van der Waals surface area contributed by atoms with Gasteiger partial charge in [-0.05, 0) is 35.7 Å². The summed E-state index contributed by atoms with van der Waals surface area (Å²) in [5.74, 6) is 1.38. The van der Waals surface area contributed by atoms with Crippen LogP contribution in [0.1, 0.15) is 23.5 Å². The number of ether oxygens (including phenoxy) is 1. The topological polar surface area (TPSA) is 41.6 Å². The monoisotopic (exact) mass is 308 g/mol. The number of nitrogens with zero attached hydrogens (tertiary/aromatic N) is 1. The first-order chi connectivity index (χ1) is 11.3. The first-order valence-electron chi connectivity index (χ1n) is 8.16. The summed E-state index contributed by atoms with van der Waals surface area (Å²) >= 11 is 0. The molecule has 0 spiro atoms. The van der Waals surface area contributed by atoms with E-state index >= 15 is 0 Å². The lowest BCUT2D eigenvalue weighted by Gasteiger charge is -2.18. The average Bonchev–Trinajstić information content (AvgIpc) is 3.24. The maximum Gasteiger partial charge on any atom is 0.321 e. The molecule has 23 heavy (non-hydrogen) atoms. The predicted molar refractivity (Wildman–Crippen MR) is 90.0 cm³/mol. The number of rotatable bonds is 2. The fraction of sp³-hybridized carbons (Fsp3) is 0.316. The van der Waals surface area contributed by atoms with E-state index in [0.29, 0.717) is 5.92 Å². The van der Waals surface area contributed by atoms with E-state index in [1.807, 2.05) is 29.2 Å². The number of hydrogen-bond donors (Lipinski definition) is 1. The van der Waals surface area contributed by atoms with E-state index in [2.05, 4.69) is 29.6 Å². The van der Waals surface area contributed by atoms with Crippen molar-refractivity contribution >= 4 is 11.7 Å². The van der Waals surface area contributed by atoms with Gasteiger partial charge in [-0.25, -0.2) is 4.79 Å². The molecule has 2 aliphatic heterocycles. The highest BCUT2D eigenvalue weighted by Crippen LogP contribution is 2.29. The van der Waals surface area contributed by atoms with Gasteiger partial charge in [0.25, 0.3) is 0 Å². The fourth-order valence-corrected chi connectivity index (χ4v) is 3.41. The van der Waals surface area contributed by atoms with Crippen molar-refractivity contribution in [3.63, 3.8) is 0 Å². The molecule has 0 aromatic heterocycles. The highest BCUT2D eigenvalue weighted by atomic mass is 16.5. The summed E-state index contributed by atoms with van der Waals surface area (Å²) in [4.78, 5) is 14.4. The molecule has 118 valence electrons. The van der Waals surface area contributed by atoms with Gasteiger partial charge in [0.1, 0.15) is 5.75 Å². The summed E-state index contributed by atoms with van der Waals surface area (Å²) in [7, 11) is 0. The molecule has 1 atom stereocenters. The summed E-state index contributed by atoms with van der Waals surface area (Å²) in [5, 5.41) is 3.02. The summed E-state index contributed by atoms with van der Waals surface area (Å²) in [5.41, 5.74) is 3.34. The third-order valence-corrected chi connectivity index (χ3v) is 4.69. The normalized spacial score (nSPS) is 19.3. The lowest BCUT2D eigenvalue weighted by molar-refractivity contribution is 0.222. The molecule has 0 aliphatic carbocycles. The number of amides is 2. The van der Waals surface area contributed by atoms with Gasteiger partial charge in [0.05, 0.1) is 6.61 Å². The van der Waals surface area contributed by atoms with E-state index in [1.165, 1.54) is 11.1 Å². The Bertz CT molecular complexity index is 715. The number of urea groups is 1. The summed E-state index contributed by atoms with van der Waals surface area (Å²) < 4.78 is 5.50. The van der Waals surface area contributed by atoms with Crippen LogP contribution in [-0.2, 0) is 6.42 Å². The molecule has 4 rings (SSSR count). The van der Waals surface area contributed by atoms with Gasteiger partial charge in [0.2, 0.25) is 0 Å². The van der Waals surface area contributed by atoms with Crippen molar-refractivity contribution in [2.45, 2.75) is 18.8 Å². The Balaban J connectivity index is 1.40. The Morgan fingerprint density at radius 3 is 2.91 bits per heavy atom. The maximum absolute atomic E-state index is 12.5. The fourth-order valence-electron chi connectivity index (χ4n) is 3.41. The van der Waals surface area contributed by atoms with Gasteiger partial charge in [-0.2, -0.15) is 0 Å². The highest BCUT2D eigenvalue weighted by Gasteiger charge is 2.27. The number of carbonyl (C=O) groups excluding carboxylic acids is 1. The molecule has 2 aliphatic rings. The third-order valence-electron chi connectivity index (χ3n) is 4.69. The van der Waals surface area contributed by atoms with Crippen LogP contribution in [0.25, 0.3) is 0 Å². The van der Waals surface area contributed by atoms with Crippen molar-refractivity contribution in [1.82, 2.24) is 4.90 Å². The van der Waals surface area contributed by atoms with E-state index in [1.54, 1.807) is 0 Å². The quantitative estimate of drug-likeness (QED) is 0.920. The SMILES string of the molecule is O=C(Nc1ccc2c(c1)CCO2)N1CC[C@H](c2ccccc2)C1. The van der Waals surface area contributed by atoms with Crippen molar-refractivity contribution in [2.75, 3.05) is 25.0 Å². The molecule has 1 saturated heterocycles. The predicted octanol–water partition coefficient (Wildman–Crippen LogP) is 3.64. The maximum atomic E-state index is 12.5. The van der Waals surface area contributed by atoms with Crippen molar-refractivity contribution in [3.05, 3.63) is 59.7 Å². The van der Waals surface area contributed by atoms with E-state index < -0.39 is 0 Å². The average molecular weight is 308 g/mol. The molecular formula is C19H20N2O2. The second-order valence-electron chi connectivity index (χ2n) is 6.19. The molecule has 2 aromatic rings. The summed E-state index contributed by atoms with van der Waals surface area (Å²) in [6, 6.07) is 16.3. The van der Waals surface area contributed by atoms with Crippen molar-refractivity contribution in [1.29, 1.82) is 0 Å². The molecule has 0 saturated carbocycles. The number of fused-ring (bicyclic) bond motifs is 1. The Hall–Kier alpha value is -2.49. The number of nitrogens with one attached hydrogen (secondary N) is 1. The summed E-state index contributed by atoms with van der Waals surface area (Å²) in [6.45, 7) is 2.32. The molecule has 2 aromatic carbocycles. The van der Waals surface area contributed by atoms with Crippen molar-refractivity contribution < 1.29 is 9.53 Å². The summed E-state index contributed by atoms with van der Waals surface area (Å²) in [6.07, 6.45) is 1.94. The van der Waals surface area contributed by atoms with E-state index in [-0.39, 0.29) is 6.03 Å². The van der Waals surface area contributed by atoms with E-state index in [4.69, 9.17) is 4.74 Å². The lowest BCUT2D eigenvalue weighted by Crippen LogP contribution is -2.32. The van der Waals surface area contributed by atoms with Gasteiger partial charge in [-0.3, -0.25) is 0 Å². The van der Waals surface area contributed by atoms with Crippen LogP contribution in [0.15, 0.2) is 48.5 Å². The first-order valence-corrected chi connectivity index (χ1v) is 8.16. The molecule has 4 nitrogen and oxygen atoms in total. The first kappa shape index (κ1) is 14.1. The van der Waals surface area contributed by atoms with Crippen LogP contribution in [0.3, 0.4) is 0 Å². The Morgan fingerprint density at radius 2 is 2.04 bits per heavy atom. The zero-order chi connectivity index (χ0) is 15.6. The number of anilines is 1. The van der Waals surface area contributed by atoms with Crippen LogP contribution >= 0.6 is 0 Å². The van der Waals surface area contributed by atoms with Crippen LogP contribution in [0, 0.1) is 0 Å². The van der Waals surface area contributed by atoms with Gasteiger partial charge < -0.3 is 15.0 Å². The van der Waals surface area contributed by atoms with Gasteiger partial charge >= 0.3 is 6.03 Å². The van der Waals surface area contributed by atoms with Gasteiger partial charge in [0, 0.05) is 31.1 Å². The third kappa shape index (κ3) is 2.89.